The Morgan fingerprint density at radius 3 is 2.58 bits per heavy atom. The van der Waals surface area contributed by atoms with Crippen LogP contribution in [0, 0.1) is 5.92 Å². The van der Waals surface area contributed by atoms with E-state index in [4.69, 9.17) is 5.73 Å². The van der Waals surface area contributed by atoms with E-state index in [-0.39, 0.29) is 11.8 Å². The van der Waals surface area contributed by atoms with Gasteiger partial charge in [-0.3, -0.25) is 0 Å². The molecule has 19 heavy (non-hydrogen) atoms. The molecule has 1 unspecified atom stereocenters. The van der Waals surface area contributed by atoms with Crippen molar-refractivity contribution in [3.63, 3.8) is 0 Å². The molecule has 0 radical (unpaired) electrons. The SMILES string of the molecule is CC(NS(=O)(=O)Cc1ccccc1N)C1CCCC1. The van der Waals surface area contributed by atoms with Crippen LogP contribution in [0.4, 0.5) is 5.69 Å². The number of benzene rings is 1. The summed E-state index contributed by atoms with van der Waals surface area (Å²) in [5, 5.41) is 0. The Balaban J connectivity index is 2.00. The summed E-state index contributed by atoms with van der Waals surface area (Å²) in [7, 11) is -3.32. The monoisotopic (exact) mass is 282 g/mol. The minimum atomic E-state index is -3.32. The topological polar surface area (TPSA) is 72.2 Å². The van der Waals surface area contributed by atoms with E-state index in [2.05, 4.69) is 4.72 Å². The van der Waals surface area contributed by atoms with E-state index in [1.54, 1.807) is 18.2 Å². The van der Waals surface area contributed by atoms with Crippen molar-refractivity contribution in [1.82, 2.24) is 4.72 Å². The van der Waals surface area contributed by atoms with Crippen LogP contribution in [0.2, 0.25) is 0 Å². The maximum absolute atomic E-state index is 12.2. The lowest BCUT2D eigenvalue weighted by Crippen LogP contribution is -2.37. The van der Waals surface area contributed by atoms with Crippen LogP contribution >= 0.6 is 0 Å². The Labute approximate surface area is 115 Å². The zero-order chi connectivity index (χ0) is 13.9. The Morgan fingerprint density at radius 1 is 1.32 bits per heavy atom. The molecule has 1 aromatic carbocycles. The molecule has 3 N–H and O–H groups in total. The zero-order valence-electron chi connectivity index (χ0n) is 11.3. The molecule has 1 aliphatic rings. The lowest BCUT2D eigenvalue weighted by Gasteiger charge is -2.20. The minimum Gasteiger partial charge on any atom is -0.398 e. The number of rotatable bonds is 5. The zero-order valence-corrected chi connectivity index (χ0v) is 12.1. The fourth-order valence-corrected chi connectivity index (χ4v) is 4.26. The molecule has 1 fully saturated rings. The summed E-state index contributed by atoms with van der Waals surface area (Å²) < 4.78 is 27.1. The van der Waals surface area contributed by atoms with Gasteiger partial charge in [0.2, 0.25) is 10.0 Å². The largest absolute Gasteiger partial charge is 0.398 e. The molecule has 0 amide bonds. The summed E-state index contributed by atoms with van der Waals surface area (Å²) in [6, 6.07) is 7.11. The molecule has 5 heteroatoms. The highest BCUT2D eigenvalue weighted by atomic mass is 32.2. The lowest BCUT2D eigenvalue weighted by molar-refractivity contribution is 0.424. The molecule has 0 heterocycles. The van der Waals surface area contributed by atoms with Gasteiger partial charge in [0.25, 0.3) is 0 Å². The quantitative estimate of drug-likeness (QED) is 0.814. The van der Waals surface area contributed by atoms with Crippen molar-refractivity contribution in [3.05, 3.63) is 29.8 Å². The fraction of sp³-hybridized carbons (Fsp3) is 0.571. The van der Waals surface area contributed by atoms with Gasteiger partial charge in [0, 0.05) is 11.7 Å². The van der Waals surface area contributed by atoms with Gasteiger partial charge in [-0.05, 0) is 37.3 Å². The van der Waals surface area contributed by atoms with Gasteiger partial charge < -0.3 is 5.73 Å². The van der Waals surface area contributed by atoms with Crippen molar-refractivity contribution in [2.24, 2.45) is 5.92 Å². The number of anilines is 1. The average molecular weight is 282 g/mol. The van der Waals surface area contributed by atoms with Gasteiger partial charge in [-0.25, -0.2) is 13.1 Å². The van der Waals surface area contributed by atoms with Crippen molar-refractivity contribution >= 4 is 15.7 Å². The van der Waals surface area contributed by atoms with Gasteiger partial charge in [0.15, 0.2) is 0 Å². The number of sulfonamides is 1. The maximum atomic E-state index is 12.2. The smallest absolute Gasteiger partial charge is 0.216 e. The van der Waals surface area contributed by atoms with Crippen molar-refractivity contribution in [2.45, 2.75) is 44.4 Å². The van der Waals surface area contributed by atoms with Gasteiger partial charge in [-0.15, -0.1) is 0 Å². The summed E-state index contributed by atoms with van der Waals surface area (Å²) in [4.78, 5) is 0. The molecule has 1 saturated carbocycles. The summed E-state index contributed by atoms with van der Waals surface area (Å²) in [6.07, 6.45) is 4.67. The first-order valence-electron chi connectivity index (χ1n) is 6.81. The Hall–Kier alpha value is -1.07. The molecule has 1 aromatic rings. The minimum absolute atomic E-state index is 0.0115. The molecule has 106 valence electrons. The second-order valence-corrected chi connectivity index (χ2v) is 7.16. The normalized spacial score (nSPS) is 18.6. The summed E-state index contributed by atoms with van der Waals surface area (Å²) in [6.45, 7) is 1.96. The molecular formula is C14H22N2O2S. The van der Waals surface area contributed by atoms with Gasteiger partial charge in [-0.1, -0.05) is 31.0 Å². The van der Waals surface area contributed by atoms with E-state index in [0.29, 0.717) is 17.2 Å². The highest BCUT2D eigenvalue weighted by Crippen LogP contribution is 2.28. The van der Waals surface area contributed by atoms with Crippen LogP contribution < -0.4 is 10.5 Å². The van der Waals surface area contributed by atoms with Crippen LogP contribution in [0.5, 0.6) is 0 Å². The number of hydrogen-bond acceptors (Lipinski definition) is 3. The second kappa shape index (κ2) is 5.92. The van der Waals surface area contributed by atoms with Crippen LogP contribution in [0.1, 0.15) is 38.2 Å². The summed E-state index contributed by atoms with van der Waals surface area (Å²) in [5.41, 5.74) is 6.98. The third-order valence-electron chi connectivity index (χ3n) is 3.87. The number of hydrogen-bond donors (Lipinski definition) is 2. The summed E-state index contributed by atoms with van der Waals surface area (Å²) in [5.74, 6) is 0.430. The predicted molar refractivity (Wildman–Crippen MR) is 78.0 cm³/mol. The van der Waals surface area contributed by atoms with Crippen LogP contribution in [0.15, 0.2) is 24.3 Å². The maximum Gasteiger partial charge on any atom is 0.216 e. The van der Waals surface area contributed by atoms with Crippen LogP contribution in [-0.2, 0) is 15.8 Å². The first-order valence-corrected chi connectivity index (χ1v) is 8.46. The molecule has 0 saturated heterocycles. The first kappa shape index (κ1) is 14.3. The molecular weight excluding hydrogens is 260 g/mol. The van der Waals surface area contributed by atoms with Crippen molar-refractivity contribution in [3.8, 4) is 0 Å². The third-order valence-corrected chi connectivity index (χ3v) is 5.29. The molecule has 0 bridgehead atoms. The molecule has 0 spiro atoms. The van der Waals surface area contributed by atoms with E-state index in [9.17, 15) is 8.42 Å². The van der Waals surface area contributed by atoms with Crippen LogP contribution in [0.25, 0.3) is 0 Å². The number of nitrogens with two attached hydrogens (primary N) is 1. The van der Waals surface area contributed by atoms with Gasteiger partial charge >= 0.3 is 0 Å². The van der Waals surface area contributed by atoms with E-state index < -0.39 is 10.0 Å². The highest BCUT2D eigenvalue weighted by molar-refractivity contribution is 7.88. The highest BCUT2D eigenvalue weighted by Gasteiger charge is 2.25. The first-order chi connectivity index (χ1) is 8.98. The molecule has 1 aliphatic carbocycles. The number of para-hydroxylation sites is 1. The van der Waals surface area contributed by atoms with Gasteiger partial charge in [-0.2, -0.15) is 0 Å². The summed E-state index contributed by atoms with van der Waals surface area (Å²) >= 11 is 0. The number of nitrogen functional groups attached to an aromatic ring is 1. The van der Waals surface area contributed by atoms with E-state index >= 15 is 0 Å². The van der Waals surface area contributed by atoms with Crippen molar-refractivity contribution < 1.29 is 8.42 Å². The fourth-order valence-electron chi connectivity index (χ4n) is 2.75. The third kappa shape index (κ3) is 3.94. The number of nitrogens with one attached hydrogen (secondary N) is 1. The Morgan fingerprint density at radius 2 is 1.95 bits per heavy atom. The van der Waals surface area contributed by atoms with Crippen LogP contribution in [0.3, 0.4) is 0 Å². The van der Waals surface area contributed by atoms with Gasteiger partial charge in [0.05, 0.1) is 5.75 Å². The van der Waals surface area contributed by atoms with E-state index in [1.807, 2.05) is 13.0 Å². The molecule has 4 nitrogen and oxygen atoms in total. The lowest BCUT2D eigenvalue weighted by atomic mass is 10.0. The van der Waals surface area contributed by atoms with E-state index in [1.165, 1.54) is 12.8 Å². The second-order valence-electron chi connectivity index (χ2n) is 5.41. The standard InChI is InChI=1S/C14H22N2O2S/c1-11(12-6-2-3-7-12)16-19(17,18)10-13-8-4-5-9-14(13)15/h4-5,8-9,11-12,16H,2-3,6-7,10,15H2,1H3. The van der Waals surface area contributed by atoms with E-state index in [0.717, 1.165) is 12.8 Å². The molecule has 0 aromatic heterocycles. The van der Waals surface area contributed by atoms with Crippen molar-refractivity contribution in [1.29, 1.82) is 0 Å². The van der Waals surface area contributed by atoms with Crippen LogP contribution in [-0.4, -0.2) is 14.5 Å². The van der Waals surface area contributed by atoms with Crippen molar-refractivity contribution in [2.75, 3.05) is 5.73 Å². The predicted octanol–water partition coefficient (Wildman–Crippen LogP) is 2.27. The average Bonchev–Trinajstić information content (AvgIpc) is 2.85. The Bertz CT molecular complexity index is 522. The molecule has 2 rings (SSSR count). The van der Waals surface area contributed by atoms with Gasteiger partial charge in [0.1, 0.15) is 0 Å². The molecule has 1 atom stereocenters. The Kier molecular flexibility index (Phi) is 4.47. The molecule has 0 aliphatic heterocycles.